The lowest BCUT2D eigenvalue weighted by Gasteiger charge is -2.21. The predicted molar refractivity (Wildman–Crippen MR) is 116 cm³/mol. The first-order valence-corrected chi connectivity index (χ1v) is 12.5. The summed E-state index contributed by atoms with van der Waals surface area (Å²) < 4.78 is 60.3. The van der Waals surface area contributed by atoms with Gasteiger partial charge in [-0.05, 0) is 65.3 Å². The standard InChI is InChI=1S/C20H29N3O6S2/c1-19(2,3)22-30(25,26)16-10-8-7-9-14(16)13-21-18(24)15-11-12-17(29-15)31(27,28)23-20(4,5)6/h7-12,22-23H,13H2,1-6H3,(H,21,24). The maximum Gasteiger partial charge on any atom is 0.287 e. The van der Waals surface area contributed by atoms with Gasteiger partial charge < -0.3 is 9.73 Å². The fraction of sp³-hybridized carbons (Fsp3) is 0.450. The normalized spacial score (nSPS) is 13.2. The molecule has 9 nitrogen and oxygen atoms in total. The topological polar surface area (TPSA) is 135 Å². The van der Waals surface area contributed by atoms with E-state index in [9.17, 15) is 21.6 Å². The summed E-state index contributed by atoms with van der Waals surface area (Å²) in [5.74, 6) is -0.879. The third-order valence-corrected chi connectivity index (χ3v) is 7.14. The molecule has 1 aromatic carbocycles. The first-order valence-electron chi connectivity index (χ1n) is 9.54. The van der Waals surface area contributed by atoms with Crippen molar-refractivity contribution >= 4 is 26.0 Å². The van der Waals surface area contributed by atoms with Crippen molar-refractivity contribution in [3.63, 3.8) is 0 Å². The molecule has 2 rings (SSSR count). The van der Waals surface area contributed by atoms with Gasteiger partial charge in [0.25, 0.3) is 15.9 Å². The van der Waals surface area contributed by atoms with Crippen molar-refractivity contribution in [3.05, 3.63) is 47.7 Å². The molecule has 0 spiro atoms. The number of hydrogen-bond donors (Lipinski definition) is 3. The van der Waals surface area contributed by atoms with E-state index in [0.29, 0.717) is 5.56 Å². The molecular formula is C20H29N3O6S2. The number of hydrogen-bond acceptors (Lipinski definition) is 6. The number of nitrogens with one attached hydrogen (secondary N) is 3. The monoisotopic (exact) mass is 471 g/mol. The van der Waals surface area contributed by atoms with Crippen molar-refractivity contribution in [2.24, 2.45) is 0 Å². The highest BCUT2D eigenvalue weighted by molar-refractivity contribution is 7.89. The highest BCUT2D eigenvalue weighted by Gasteiger charge is 2.27. The quantitative estimate of drug-likeness (QED) is 0.567. The van der Waals surface area contributed by atoms with Gasteiger partial charge in [-0.1, -0.05) is 18.2 Å². The fourth-order valence-corrected chi connectivity index (χ4v) is 5.69. The van der Waals surface area contributed by atoms with E-state index in [0.717, 1.165) is 0 Å². The second kappa shape index (κ2) is 8.73. The zero-order chi connectivity index (χ0) is 23.7. The Kier molecular flexibility index (Phi) is 7.06. The van der Waals surface area contributed by atoms with E-state index >= 15 is 0 Å². The molecule has 31 heavy (non-hydrogen) atoms. The Labute approximate surface area is 183 Å². The summed E-state index contributed by atoms with van der Waals surface area (Å²) >= 11 is 0. The predicted octanol–water partition coefficient (Wildman–Crippen LogP) is 2.36. The van der Waals surface area contributed by atoms with Crippen molar-refractivity contribution in [2.45, 2.75) is 69.2 Å². The van der Waals surface area contributed by atoms with Crippen molar-refractivity contribution in [1.29, 1.82) is 0 Å². The van der Waals surface area contributed by atoms with Gasteiger partial charge in [0, 0.05) is 17.6 Å². The molecule has 0 aliphatic heterocycles. The van der Waals surface area contributed by atoms with Crippen LogP contribution in [-0.2, 0) is 26.6 Å². The maximum atomic E-state index is 12.7. The van der Waals surface area contributed by atoms with Crippen molar-refractivity contribution in [1.82, 2.24) is 14.8 Å². The fourth-order valence-electron chi connectivity index (χ4n) is 2.67. The van der Waals surface area contributed by atoms with Gasteiger partial charge in [-0.2, -0.15) is 0 Å². The minimum absolute atomic E-state index is 0.0438. The number of amides is 1. The summed E-state index contributed by atoms with van der Waals surface area (Å²) in [6, 6.07) is 8.72. The molecule has 0 aliphatic carbocycles. The SMILES string of the molecule is CC(C)(C)NS(=O)(=O)c1ccc(C(=O)NCc2ccccc2S(=O)(=O)NC(C)(C)C)o1. The van der Waals surface area contributed by atoms with Crippen molar-refractivity contribution < 1.29 is 26.0 Å². The van der Waals surface area contributed by atoms with Gasteiger partial charge in [0.05, 0.1) is 4.90 Å². The Morgan fingerprint density at radius 3 is 1.97 bits per heavy atom. The van der Waals surface area contributed by atoms with E-state index in [2.05, 4.69) is 14.8 Å². The molecule has 0 unspecified atom stereocenters. The first kappa shape index (κ1) is 25.1. The zero-order valence-corrected chi connectivity index (χ0v) is 20.1. The van der Waals surface area contributed by atoms with Crippen LogP contribution in [0.3, 0.4) is 0 Å². The van der Waals surface area contributed by atoms with Crippen LogP contribution in [0, 0.1) is 0 Å². The number of furan rings is 1. The first-order chi connectivity index (χ1) is 14.0. The molecule has 1 heterocycles. The third kappa shape index (κ3) is 7.17. The molecule has 3 N–H and O–H groups in total. The number of benzene rings is 1. The van der Waals surface area contributed by atoms with E-state index in [1.807, 2.05) is 0 Å². The molecule has 2 aromatic rings. The Morgan fingerprint density at radius 1 is 0.839 bits per heavy atom. The number of rotatable bonds is 7. The van der Waals surface area contributed by atoms with Crippen LogP contribution in [0.2, 0.25) is 0 Å². The maximum absolute atomic E-state index is 12.7. The van der Waals surface area contributed by atoms with E-state index in [-0.39, 0.29) is 22.3 Å². The molecule has 0 saturated heterocycles. The van der Waals surface area contributed by atoms with Gasteiger partial charge in [0.2, 0.25) is 15.1 Å². The van der Waals surface area contributed by atoms with Gasteiger partial charge in [-0.15, -0.1) is 0 Å². The van der Waals surface area contributed by atoms with Gasteiger partial charge in [0.1, 0.15) is 0 Å². The Morgan fingerprint density at radius 2 is 1.39 bits per heavy atom. The minimum Gasteiger partial charge on any atom is -0.438 e. The van der Waals surface area contributed by atoms with Crippen LogP contribution in [-0.4, -0.2) is 33.8 Å². The minimum atomic E-state index is -3.93. The van der Waals surface area contributed by atoms with Gasteiger partial charge in [-0.25, -0.2) is 26.3 Å². The number of sulfonamides is 2. The lowest BCUT2D eigenvalue weighted by Crippen LogP contribution is -2.41. The summed E-state index contributed by atoms with van der Waals surface area (Å²) in [6.07, 6.45) is 0. The van der Waals surface area contributed by atoms with E-state index in [1.54, 1.807) is 59.7 Å². The molecule has 0 aliphatic rings. The number of carbonyl (C=O) groups is 1. The van der Waals surface area contributed by atoms with Crippen molar-refractivity contribution in [2.75, 3.05) is 0 Å². The molecule has 172 valence electrons. The van der Waals surface area contributed by atoms with Crippen LogP contribution in [0.4, 0.5) is 0 Å². The molecule has 11 heteroatoms. The summed E-state index contributed by atoms with van der Waals surface area (Å²) in [6.45, 7) is 10.1. The lowest BCUT2D eigenvalue weighted by molar-refractivity contribution is 0.0917. The molecule has 0 fully saturated rings. The molecule has 0 bridgehead atoms. The van der Waals surface area contributed by atoms with Crippen LogP contribution < -0.4 is 14.8 Å². The molecule has 0 atom stereocenters. The lowest BCUT2D eigenvalue weighted by atomic mass is 10.1. The van der Waals surface area contributed by atoms with E-state index in [4.69, 9.17) is 4.42 Å². The molecular weight excluding hydrogens is 442 g/mol. The second-order valence-corrected chi connectivity index (χ2v) is 12.4. The molecule has 1 aromatic heterocycles. The molecule has 0 radical (unpaired) electrons. The largest absolute Gasteiger partial charge is 0.438 e. The summed E-state index contributed by atoms with van der Waals surface area (Å²) in [5, 5.41) is 2.18. The van der Waals surface area contributed by atoms with Gasteiger partial charge >= 0.3 is 0 Å². The highest BCUT2D eigenvalue weighted by Crippen LogP contribution is 2.19. The Balaban J connectivity index is 2.18. The van der Waals surface area contributed by atoms with Crippen LogP contribution in [0.25, 0.3) is 0 Å². The Bertz CT molecular complexity index is 1150. The van der Waals surface area contributed by atoms with Gasteiger partial charge in [0.15, 0.2) is 5.76 Å². The van der Waals surface area contributed by atoms with Crippen molar-refractivity contribution in [3.8, 4) is 0 Å². The summed E-state index contributed by atoms with van der Waals surface area (Å²) in [7, 11) is -7.73. The van der Waals surface area contributed by atoms with E-state index in [1.165, 1.54) is 18.2 Å². The Hall–Kier alpha value is -2.21. The third-order valence-electron chi connectivity index (χ3n) is 3.65. The average Bonchev–Trinajstić information content (AvgIpc) is 3.07. The van der Waals surface area contributed by atoms with E-state index < -0.39 is 37.0 Å². The molecule has 1 amide bonds. The van der Waals surface area contributed by atoms with Crippen LogP contribution in [0.5, 0.6) is 0 Å². The zero-order valence-electron chi connectivity index (χ0n) is 18.4. The van der Waals surface area contributed by atoms with Crippen LogP contribution >= 0.6 is 0 Å². The smallest absolute Gasteiger partial charge is 0.287 e. The second-order valence-electron chi connectivity index (χ2n) is 9.12. The summed E-state index contributed by atoms with van der Waals surface area (Å²) in [5.41, 5.74) is -1.02. The van der Waals surface area contributed by atoms with Crippen LogP contribution in [0.1, 0.15) is 57.7 Å². The molecule has 0 saturated carbocycles. The summed E-state index contributed by atoms with van der Waals surface area (Å²) in [4.78, 5) is 12.5. The van der Waals surface area contributed by atoms with Gasteiger partial charge in [-0.3, -0.25) is 4.79 Å². The number of carbonyl (C=O) groups excluding carboxylic acids is 1. The van der Waals surface area contributed by atoms with Crippen LogP contribution in [0.15, 0.2) is 50.8 Å². The average molecular weight is 472 g/mol. The highest BCUT2D eigenvalue weighted by atomic mass is 32.2.